The quantitative estimate of drug-likeness (QED) is 0.450. The Hall–Kier alpha value is -3.20. The van der Waals surface area contributed by atoms with Gasteiger partial charge in [0.2, 0.25) is 0 Å². The smallest absolute Gasteiger partial charge is 0.306 e. The second-order valence-corrected chi connectivity index (χ2v) is 8.68. The molecule has 0 unspecified atom stereocenters. The zero-order chi connectivity index (χ0) is 21.5. The number of fused-ring (bicyclic) bond motifs is 1. The summed E-state index contributed by atoms with van der Waals surface area (Å²) in [6.07, 6.45) is 8.33. The van der Waals surface area contributed by atoms with E-state index in [4.69, 9.17) is 10.7 Å². The largest absolute Gasteiger partial charge is 0.481 e. The Bertz CT molecular complexity index is 1260. The second kappa shape index (κ2) is 7.81. The molecule has 0 aliphatic heterocycles. The number of aromatic nitrogens is 5. The number of nitrogen functional groups attached to an aromatic ring is 1. The third kappa shape index (κ3) is 3.48. The number of carboxylic acid groups (broad SMARTS) is 1. The first-order valence-corrected chi connectivity index (χ1v) is 11.0. The molecule has 3 N–H and O–H groups in total. The van der Waals surface area contributed by atoms with Crippen molar-refractivity contribution in [3.63, 3.8) is 0 Å². The summed E-state index contributed by atoms with van der Waals surface area (Å²) in [4.78, 5) is 16.2. The summed E-state index contributed by atoms with van der Waals surface area (Å²) in [6.45, 7) is 0. The highest BCUT2D eigenvalue weighted by Crippen LogP contribution is 2.40. The minimum atomic E-state index is -0.714. The third-order valence-corrected chi connectivity index (χ3v) is 6.84. The molecule has 1 saturated carbocycles. The molecule has 31 heavy (non-hydrogen) atoms. The highest BCUT2D eigenvalue weighted by Gasteiger charge is 2.30. The molecule has 3 heterocycles. The van der Waals surface area contributed by atoms with Gasteiger partial charge in [-0.3, -0.25) is 4.79 Å². The maximum absolute atomic E-state index is 11.3. The number of rotatable bonds is 4. The predicted octanol–water partition coefficient (Wildman–Crippen LogP) is 4.29. The fraction of sp³-hybridized carbons (Fsp3) is 0.273. The average molecular weight is 481 g/mol. The van der Waals surface area contributed by atoms with E-state index in [1.54, 1.807) is 16.9 Å². The van der Waals surface area contributed by atoms with Crippen LogP contribution in [0.5, 0.6) is 0 Å². The van der Waals surface area contributed by atoms with Crippen molar-refractivity contribution >= 4 is 33.4 Å². The number of anilines is 1. The number of benzene rings is 1. The number of para-hydroxylation sites is 1. The molecule has 158 valence electrons. The van der Waals surface area contributed by atoms with Crippen LogP contribution in [0.1, 0.15) is 37.3 Å². The fourth-order valence-corrected chi connectivity index (χ4v) is 4.87. The molecule has 1 aliphatic carbocycles. The summed E-state index contributed by atoms with van der Waals surface area (Å²) in [5.74, 6) is -0.339. The van der Waals surface area contributed by atoms with Gasteiger partial charge in [-0.1, -0.05) is 18.2 Å². The van der Waals surface area contributed by atoms with E-state index in [0.717, 1.165) is 39.8 Å². The fourth-order valence-electron chi connectivity index (χ4n) is 4.28. The van der Waals surface area contributed by atoms with Gasteiger partial charge in [-0.15, -0.1) is 0 Å². The van der Waals surface area contributed by atoms with E-state index in [0.29, 0.717) is 24.3 Å². The van der Waals surface area contributed by atoms with Crippen molar-refractivity contribution in [2.45, 2.75) is 31.6 Å². The number of carbonyl (C=O) groups is 1. The first-order valence-electron chi connectivity index (χ1n) is 10.2. The molecule has 0 radical (unpaired) electrons. The van der Waals surface area contributed by atoms with Crippen molar-refractivity contribution in [1.82, 2.24) is 24.4 Å². The molecule has 0 saturated heterocycles. The lowest BCUT2D eigenvalue weighted by Gasteiger charge is -2.26. The van der Waals surface area contributed by atoms with E-state index in [-0.39, 0.29) is 11.8 Å². The Morgan fingerprint density at radius 2 is 1.84 bits per heavy atom. The first-order chi connectivity index (χ1) is 15.0. The number of halogens is 1. The van der Waals surface area contributed by atoms with Crippen LogP contribution in [0.2, 0.25) is 0 Å². The summed E-state index contributed by atoms with van der Waals surface area (Å²) < 4.78 is 4.18. The van der Waals surface area contributed by atoms with Crippen molar-refractivity contribution in [2.75, 3.05) is 5.73 Å². The minimum absolute atomic E-state index is 0.159. The van der Waals surface area contributed by atoms with Crippen molar-refractivity contribution < 1.29 is 9.90 Å². The second-order valence-electron chi connectivity index (χ2n) is 7.89. The topological polar surface area (TPSA) is 111 Å². The number of nitrogens with two attached hydrogens (primary N) is 1. The van der Waals surface area contributed by atoms with Crippen LogP contribution in [-0.2, 0) is 4.79 Å². The van der Waals surface area contributed by atoms with Crippen LogP contribution in [-0.4, -0.2) is 35.5 Å². The molecule has 5 rings (SSSR count). The summed E-state index contributed by atoms with van der Waals surface area (Å²) in [5, 5.41) is 18.2. The highest BCUT2D eigenvalue weighted by atomic mass is 79.9. The molecule has 0 amide bonds. The van der Waals surface area contributed by atoms with Gasteiger partial charge in [-0.25, -0.2) is 9.67 Å². The number of hydrogen-bond donors (Lipinski definition) is 2. The van der Waals surface area contributed by atoms with Crippen molar-refractivity contribution in [3.05, 3.63) is 59.1 Å². The normalized spacial score (nSPS) is 19.0. The molecule has 0 bridgehead atoms. The van der Waals surface area contributed by atoms with Gasteiger partial charge in [0.15, 0.2) is 5.65 Å². The number of nitrogens with zero attached hydrogens (tertiary/aromatic N) is 5. The molecule has 1 fully saturated rings. The van der Waals surface area contributed by atoms with Crippen LogP contribution in [0.25, 0.3) is 22.5 Å². The average Bonchev–Trinajstić information content (AvgIpc) is 3.44. The Balaban J connectivity index is 1.53. The standard InChI is InChI=1S/C22H21BrN6O2/c23-18-19(13-6-8-14(9-7-13)22(30)31)27-21-17(11-26-29(21)20(18)24)15-10-25-28(12-15)16-4-2-1-3-5-16/h1-5,10-14H,6-9,24H2,(H,30,31). The van der Waals surface area contributed by atoms with E-state index < -0.39 is 5.97 Å². The lowest BCUT2D eigenvalue weighted by molar-refractivity contribution is -0.142. The Morgan fingerprint density at radius 3 is 2.55 bits per heavy atom. The number of aliphatic carboxylic acids is 1. The summed E-state index contributed by atoms with van der Waals surface area (Å²) in [7, 11) is 0. The Labute approximate surface area is 186 Å². The first kappa shape index (κ1) is 19.7. The van der Waals surface area contributed by atoms with Crippen LogP contribution in [0.3, 0.4) is 0 Å². The minimum Gasteiger partial charge on any atom is -0.481 e. The van der Waals surface area contributed by atoms with E-state index >= 15 is 0 Å². The van der Waals surface area contributed by atoms with Gasteiger partial charge < -0.3 is 10.8 Å². The van der Waals surface area contributed by atoms with Gasteiger partial charge >= 0.3 is 5.97 Å². The van der Waals surface area contributed by atoms with Crippen LogP contribution in [0.15, 0.2) is 53.4 Å². The molecule has 8 nitrogen and oxygen atoms in total. The Morgan fingerprint density at radius 1 is 1.10 bits per heavy atom. The van der Waals surface area contributed by atoms with Gasteiger partial charge in [-0.05, 0) is 53.7 Å². The van der Waals surface area contributed by atoms with Gasteiger partial charge in [0.1, 0.15) is 5.82 Å². The van der Waals surface area contributed by atoms with Crippen molar-refractivity contribution in [2.24, 2.45) is 5.92 Å². The van der Waals surface area contributed by atoms with Gasteiger partial charge in [0, 0.05) is 23.2 Å². The molecule has 4 aromatic rings. The van der Waals surface area contributed by atoms with E-state index in [2.05, 4.69) is 26.1 Å². The lowest BCUT2D eigenvalue weighted by atomic mass is 9.80. The van der Waals surface area contributed by atoms with E-state index in [9.17, 15) is 9.90 Å². The van der Waals surface area contributed by atoms with Crippen molar-refractivity contribution in [1.29, 1.82) is 0 Å². The molecule has 9 heteroatoms. The SMILES string of the molecule is Nc1c(Br)c(C2CCC(C(=O)O)CC2)nc2c(-c3cnn(-c4ccccc4)c3)cnn12. The van der Waals surface area contributed by atoms with E-state index in [1.165, 1.54) is 0 Å². The maximum Gasteiger partial charge on any atom is 0.306 e. The predicted molar refractivity (Wildman–Crippen MR) is 120 cm³/mol. The third-order valence-electron chi connectivity index (χ3n) is 6.03. The highest BCUT2D eigenvalue weighted by molar-refractivity contribution is 9.10. The van der Waals surface area contributed by atoms with Crippen LogP contribution in [0.4, 0.5) is 5.82 Å². The molecule has 1 aromatic carbocycles. The molecular formula is C22H21BrN6O2. The van der Waals surface area contributed by atoms with Gasteiger partial charge in [-0.2, -0.15) is 14.7 Å². The Kier molecular flexibility index (Phi) is 4.97. The summed E-state index contributed by atoms with van der Waals surface area (Å²) in [6, 6.07) is 9.89. The molecular weight excluding hydrogens is 460 g/mol. The number of carboxylic acids is 1. The zero-order valence-corrected chi connectivity index (χ0v) is 18.2. The monoisotopic (exact) mass is 480 g/mol. The molecule has 1 aliphatic rings. The van der Waals surface area contributed by atoms with Crippen LogP contribution in [0, 0.1) is 5.92 Å². The van der Waals surface area contributed by atoms with Gasteiger partial charge in [0.25, 0.3) is 0 Å². The van der Waals surface area contributed by atoms with Crippen LogP contribution < -0.4 is 5.73 Å². The maximum atomic E-state index is 11.3. The molecule has 3 aromatic heterocycles. The van der Waals surface area contributed by atoms with Gasteiger partial charge in [0.05, 0.1) is 34.2 Å². The van der Waals surface area contributed by atoms with E-state index in [1.807, 2.05) is 41.2 Å². The molecule has 0 spiro atoms. The summed E-state index contributed by atoms with van der Waals surface area (Å²) >= 11 is 3.60. The van der Waals surface area contributed by atoms with Crippen LogP contribution >= 0.6 is 15.9 Å². The lowest BCUT2D eigenvalue weighted by Crippen LogP contribution is -2.21. The molecule has 0 atom stereocenters. The zero-order valence-electron chi connectivity index (χ0n) is 16.6. The number of hydrogen-bond acceptors (Lipinski definition) is 5. The summed E-state index contributed by atoms with van der Waals surface area (Å²) in [5.41, 5.74) is 10.6. The van der Waals surface area contributed by atoms with Crippen molar-refractivity contribution in [3.8, 4) is 16.8 Å².